The molecule has 0 radical (unpaired) electrons. The zero-order chi connectivity index (χ0) is 14.2. The smallest absolute Gasteiger partial charge is 0.341 e. The molecule has 100 valence electrons. The van der Waals surface area contributed by atoms with E-state index in [1.54, 1.807) is 24.6 Å². The minimum Gasteiger partial charge on any atom is -0.507 e. The molecule has 0 saturated carbocycles. The van der Waals surface area contributed by atoms with Crippen LogP contribution < -0.4 is 0 Å². The topological polar surface area (TPSA) is 68.5 Å². The van der Waals surface area contributed by atoms with Gasteiger partial charge in [0.25, 0.3) is 0 Å². The van der Waals surface area contributed by atoms with Crippen LogP contribution in [0.5, 0.6) is 5.75 Å². The molecule has 0 fully saturated rings. The Morgan fingerprint density at radius 2 is 2.21 bits per heavy atom. The van der Waals surface area contributed by atoms with Crippen LogP contribution in [0, 0.1) is 0 Å². The van der Waals surface area contributed by atoms with Crippen molar-refractivity contribution >= 4 is 39.1 Å². The third kappa shape index (κ3) is 2.12. The Kier molecular flexibility index (Phi) is 3.61. The number of phenolic OH excluding ortho intramolecular Hbond substituents is 1. The molecule has 1 aromatic carbocycles. The number of aldehydes is 1. The maximum atomic E-state index is 12.0. The Balaban J connectivity index is 2.83. The summed E-state index contributed by atoms with van der Waals surface area (Å²) >= 11 is 3.21. The number of phenols is 1. The van der Waals surface area contributed by atoms with Crippen LogP contribution >= 0.6 is 15.9 Å². The quantitative estimate of drug-likeness (QED) is 0.695. The molecule has 0 saturated heterocycles. The fraction of sp³-hybridized carbons (Fsp3) is 0.231. The summed E-state index contributed by atoms with van der Waals surface area (Å²) in [5.74, 6) is -0.571. The molecule has 19 heavy (non-hydrogen) atoms. The Bertz CT molecular complexity index is 675. The van der Waals surface area contributed by atoms with E-state index in [-0.39, 0.29) is 23.6 Å². The summed E-state index contributed by atoms with van der Waals surface area (Å²) in [4.78, 5) is 23.2. The lowest BCUT2D eigenvalue weighted by molar-refractivity contribution is 0.0526. The van der Waals surface area contributed by atoms with Crippen molar-refractivity contribution in [2.45, 2.75) is 6.92 Å². The van der Waals surface area contributed by atoms with E-state index in [9.17, 15) is 14.7 Å². The number of halogens is 1. The molecule has 2 rings (SSSR count). The van der Waals surface area contributed by atoms with Crippen molar-refractivity contribution in [3.8, 4) is 5.75 Å². The maximum Gasteiger partial charge on any atom is 0.341 e. The van der Waals surface area contributed by atoms with Crippen LogP contribution in [0.15, 0.2) is 16.6 Å². The highest BCUT2D eigenvalue weighted by Gasteiger charge is 2.22. The van der Waals surface area contributed by atoms with Gasteiger partial charge in [0.1, 0.15) is 5.75 Å². The van der Waals surface area contributed by atoms with Crippen LogP contribution in [0.4, 0.5) is 0 Å². The number of hydrogen-bond donors (Lipinski definition) is 1. The van der Waals surface area contributed by atoms with Crippen molar-refractivity contribution in [3.63, 3.8) is 0 Å². The first-order chi connectivity index (χ1) is 9.01. The van der Waals surface area contributed by atoms with Gasteiger partial charge in [-0.1, -0.05) is 0 Å². The minimum atomic E-state index is -0.572. The van der Waals surface area contributed by atoms with Crippen LogP contribution in [-0.2, 0) is 11.8 Å². The summed E-state index contributed by atoms with van der Waals surface area (Å²) in [5.41, 5.74) is 1.07. The molecule has 1 N–H and O–H groups in total. The van der Waals surface area contributed by atoms with Crippen molar-refractivity contribution in [1.82, 2.24) is 4.57 Å². The van der Waals surface area contributed by atoms with Crippen molar-refractivity contribution in [1.29, 1.82) is 0 Å². The maximum absolute atomic E-state index is 12.0. The Hall–Kier alpha value is -1.82. The SMILES string of the molecule is CCOC(=O)c1c(C=O)n(C)c2cc(Br)c(O)cc12. The van der Waals surface area contributed by atoms with Gasteiger partial charge in [0.05, 0.1) is 27.9 Å². The van der Waals surface area contributed by atoms with Gasteiger partial charge in [-0.05, 0) is 35.0 Å². The number of fused-ring (bicyclic) bond motifs is 1. The number of ether oxygens (including phenoxy) is 1. The number of carbonyl (C=O) groups excluding carboxylic acids is 2. The first-order valence-electron chi connectivity index (χ1n) is 5.64. The summed E-state index contributed by atoms with van der Waals surface area (Å²) in [7, 11) is 1.68. The van der Waals surface area contributed by atoms with E-state index in [1.807, 2.05) is 0 Å². The Labute approximate surface area is 117 Å². The van der Waals surface area contributed by atoms with E-state index in [4.69, 9.17) is 4.74 Å². The summed E-state index contributed by atoms with van der Waals surface area (Å²) in [6.07, 6.45) is 0.608. The lowest BCUT2D eigenvalue weighted by atomic mass is 10.1. The molecule has 0 amide bonds. The van der Waals surface area contributed by atoms with E-state index in [2.05, 4.69) is 15.9 Å². The third-order valence-corrected chi connectivity index (χ3v) is 3.54. The standard InChI is InChI=1S/C13H12BrNO4/c1-3-19-13(18)12-7-4-11(17)8(14)5-9(7)15(2)10(12)6-16/h4-6,17H,3H2,1-2H3. The van der Waals surface area contributed by atoms with E-state index < -0.39 is 5.97 Å². The molecule has 0 aliphatic heterocycles. The molecular weight excluding hydrogens is 314 g/mol. The fourth-order valence-corrected chi connectivity index (χ4v) is 2.35. The number of aromatic nitrogens is 1. The summed E-state index contributed by atoms with van der Waals surface area (Å²) < 4.78 is 7.05. The normalized spacial score (nSPS) is 10.7. The second-order valence-electron chi connectivity index (χ2n) is 3.98. The largest absolute Gasteiger partial charge is 0.507 e. The van der Waals surface area contributed by atoms with Gasteiger partial charge in [0.15, 0.2) is 6.29 Å². The van der Waals surface area contributed by atoms with Crippen LogP contribution in [0.1, 0.15) is 27.8 Å². The number of aromatic hydroxyl groups is 1. The molecule has 1 aromatic heterocycles. The van der Waals surface area contributed by atoms with Gasteiger partial charge in [-0.15, -0.1) is 0 Å². The molecule has 0 atom stereocenters. The number of esters is 1. The van der Waals surface area contributed by atoms with Crippen molar-refractivity contribution in [3.05, 3.63) is 27.9 Å². The zero-order valence-electron chi connectivity index (χ0n) is 10.4. The second-order valence-corrected chi connectivity index (χ2v) is 4.83. The molecule has 1 heterocycles. The van der Waals surface area contributed by atoms with E-state index in [0.717, 1.165) is 0 Å². The fourth-order valence-electron chi connectivity index (χ4n) is 2.02. The second kappa shape index (κ2) is 5.05. The van der Waals surface area contributed by atoms with Crippen molar-refractivity contribution in [2.75, 3.05) is 6.61 Å². The third-order valence-electron chi connectivity index (χ3n) is 2.90. The number of aryl methyl sites for hydroxylation is 1. The van der Waals surface area contributed by atoms with E-state index in [0.29, 0.717) is 21.7 Å². The Morgan fingerprint density at radius 1 is 1.53 bits per heavy atom. The molecule has 6 heteroatoms. The molecule has 0 aliphatic carbocycles. The van der Waals surface area contributed by atoms with Crippen LogP contribution in [-0.4, -0.2) is 28.5 Å². The van der Waals surface area contributed by atoms with Gasteiger partial charge >= 0.3 is 5.97 Å². The van der Waals surface area contributed by atoms with Gasteiger partial charge in [0.2, 0.25) is 0 Å². The number of nitrogens with zero attached hydrogens (tertiary/aromatic N) is 1. The molecule has 0 aliphatic rings. The van der Waals surface area contributed by atoms with Crippen LogP contribution in [0.25, 0.3) is 10.9 Å². The zero-order valence-corrected chi connectivity index (χ0v) is 12.0. The van der Waals surface area contributed by atoms with Gasteiger partial charge in [0, 0.05) is 12.4 Å². The molecule has 2 aromatic rings. The summed E-state index contributed by atoms with van der Waals surface area (Å²) in [6.45, 7) is 1.91. The first kappa shape index (κ1) is 13.6. The first-order valence-corrected chi connectivity index (χ1v) is 6.43. The molecule has 5 nitrogen and oxygen atoms in total. The number of benzene rings is 1. The van der Waals surface area contributed by atoms with Gasteiger partial charge in [-0.25, -0.2) is 4.79 Å². The highest BCUT2D eigenvalue weighted by molar-refractivity contribution is 9.10. The monoisotopic (exact) mass is 325 g/mol. The average Bonchev–Trinajstić information content (AvgIpc) is 2.63. The predicted octanol–water partition coefficient (Wildman–Crippen LogP) is 2.64. The van der Waals surface area contributed by atoms with Crippen molar-refractivity contribution < 1.29 is 19.4 Å². The lowest BCUT2D eigenvalue weighted by Gasteiger charge is -2.02. The minimum absolute atomic E-state index is 0.00102. The Morgan fingerprint density at radius 3 is 2.79 bits per heavy atom. The van der Waals surface area contributed by atoms with Gasteiger partial charge in [-0.3, -0.25) is 4.79 Å². The highest BCUT2D eigenvalue weighted by Crippen LogP contribution is 2.33. The average molecular weight is 326 g/mol. The molecule has 0 spiro atoms. The molecular formula is C13H12BrNO4. The van der Waals surface area contributed by atoms with Gasteiger partial charge < -0.3 is 14.4 Å². The van der Waals surface area contributed by atoms with Gasteiger partial charge in [-0.2, -0.15) is 0 Å². The molecule has 0 bridgehead atoms. The molecule has 0 unspecified atom stereocenters. The van der Waals surface area contributed by atoms with E-state index in [1.165, 1.54) is 6.07 Å². The number of hydrogen-bond acceptors (Lipinski definition) is 4. The highest BCUT2D eigenvalue weighted by atomic mass is 79.9. The van der Waals surface area contributed by atoms with Crippen LogP contribution in [0.3, 0.4) is 0 Å². The predicted molar refractivity (Wildman–Crippen MR) is 73.6 cm³/mol. The summed E-state index contributed by atoms with van der Waals surface area (Å²) in [5, 5.41) is 10.2. The number of carbonyl (C=O) groups is 2. The lowest BCUT2D eigenvalue weighted by Crippen LogP contribution is -2.08. The summed E-state index contributed by atoms with van der Waals surface area (Å²) in [6, 6.07) is 3.10. The van der Waals surface area contributed by atoms with Crippen LogP contribution in [0.2, 0.25) is 0 Å². The van der Waals surface area contributed by atoms with Crippen molar-refractivity contribution in [2.24, 2.45) is 7.05 Å². The number of rotatable bonds is 3. The van der Waals surface area contributed by atoms with E-state index >= 15 is 0 Å².